The molecule has 0 amide bonds. The summed E-state index contributed by atoms with van der Waals surface area (Å²) in [5.74, 6) is 0. The van der Waals surface area contributed by atoms with E-state index in [1.165, 1.54) is 19.3 Å². The van der Waals surface area contributed by atoms with Gasteiger partial charge in [-0.05, 0) is 38.9 Å². The summed E-state index contributed by atoms with van der Waals surface area (Å²) in [7, 11) is -1.29. The number of rotatable bonds is 2. The van der Waals surface area contributed by atoms with Crippen molar-refractivity contribution < 1.29 is 4.43 Å². The zero-order valence-corrected chi connectivity index (χ0v) is 10.1. The van der Waals surface area contributed by atoms with E-state index < -0.39 is 8.32 Å². The average Bonchev–Trinajstić information content (AvgIpc) is 2.12. The highest BCUT2D eigenvalue weighted by Crippen LogP contribution is 2.30. The highest BCUT2D eigenvalue weighted by Gasteiger charge is 2.29. The van der Waals surface area contributed by atoms with Crippen LogP contribution in [0.3, 0.4) is 0 Å². The van der Waals surface area contributed by atoms with Gasteiger partial charge in [0.15, 0.2) is 8.32 Å². The molecule has 11 heavy (non-hydrogen) atoms. The Bertz CT molecular complexity index is 133. The third kappa shape index (κ3) is 3.26. The summed E-state index contributed by atoms with van der Waals surface area (Å²) in [6.45, 7) is 6.76. The summed E-state index contributed by atoms with van der Waals surface area (Å²) in [6, 6.07) is 0. The zero-order valence-electron chi connectivity index (χ0n) is 7.56. The van der Waals surface area contributed by atoms with Crippen molar-refractivity contribution in [2.75, 3.05) is 0 Å². The van der Waals surface area contributed by atoms with Crippen LogP contribution in [-0.4, -0.2) is 19.2 Å². The molecule has 1 aliphatic carbocycles. The normalized spacial score (nSPS) is 32.7. The Morgan fingerprint density at radius 2 is 1.91 bits per heavy atom. The Hall–Kier alpha value is 0.657. The summed E-state index contributed by atoms with van der Waals surface area (Å²) in [4.78, 5) is 0.620. The van der Waals surface area contributed by atoms with Crippen molar-refractivity contribution in [3.8, 4) is 0 Å². The smallest absolute Gasteiger partial charge is 0.184 e. The number of alkyl halides is 1. The van der Waals surface area contributed by atoms with Crippen molar-refractivity contribution in [2.45, 2.75) is 49.8 Å². The van der Waals surface area contributed by atoms with E-state index >= 15 is 0 Å². The topological polar surface area (TPSA) is 9.23 Å². The summed E-state index contributed by atoms with van der Waals surface area (Å²) >= 11 is 3.65. The van der Waals surface area contributed by atoms with E-state index in [0.717, 1.165) is 0 Å². The van der Waals surface area contributed by atoms with Gasteiger partial charge < -0.3 is 4.43 Å². The Balaban J connectivity index is 2.37. The van der Waals surface area contributed by atoms with Crippen LogP contribution in [0.15, 0.2) is 0 Å². The summed E-state index contributed by atoms with van der Waals surface area (Å²) in [5, 5.41) is 0. The van der Waals surface area contributed by atoms with E-state index in [4.69, 9.17) is 4.43 Å². The Morgan fingerprint density at radius 3 is 2.27 bits per heavy atom. The van der Waals surface area contributed by atoms with E-state index in [2.05, 4.69) is 35.6 Å². The summed E-state index contributed by atoms with van der Waals surface area (Å²) < 4.78 is 6.00. The van der Waals surface area contributed by atoms with Crippen molar-refractivity contribution in [3.05, 3.63) is 0 Å². The fourth-order valence-electron chi connectivity index (χ4n) is 1.47. The highest BCUT2D eigenvalue weighted by molar-refractivity contribution is 9.09. The third-order valence-electron chi connectivity index (χ3n) is 1.88. The molecule has 0 unspecified atom stereocenters. The second kappa shape index (κ2) is 3.58. The molecular weight excluding hydrogens is 220 g/mol. The van der Waals surface area contributed by atoms with Crippen LogP contribution in [0.2, 0.25) is 19.6 Å². The largest absolute Gasteiger partial charge is 0.414 e. The maximum atomic E-state index is 6.00. The second-order valence-corrected chi connectivity index (χ2v) is 9.85. The van der Waals surface area contributed by atoms with Gasteiger partial charge in [-0.3, -0.25) is 0 Å². The SMILES string of the molecule is C[Si](C)(C)O[C@H]1CCC[C@@H]1Br. The van der Waals surface area contributed by atoms with Crippen molar-refractivity contribution in [1.82, 2.24) is 0 Å². The fraction of sp³-hybridized carbons (Fsp3) is 1.00. The van der Waals surface area contributed by atoms with Crippen LogP contribution in [0.5, 0.6) is 0 Å². The first kappa shape index (κ1) is 9.74. The van der Waals surface area contributed by atoms with Gasteiger partial charge >= 0.3 is 0 Å². The van der Waals surface area contributed by atoms with Crippen molar-refractivity contribution >= 4 is 24.2 Å². The molecule has 1 nitrogen and oxygen atoms in total. The van der Waals surface area contributed by atoms with Crippen LogP contribution in [0.1, 0.15) is 19.3 Å². The minimum Gasteiger partial charge on any atom is -0.414 e. The molecule has 3 heteroatoms. The third-order valence-corrected chi connectivity index (χ3v) is 3.93. The molecule has 1 saturated carbocycles. The first-order valence-corrected chi connectivity index (χ1v) is 8.63. The van der Waals surface area contributed by atoms with Gasteiger partial charge in [0.25, 0.3) is 0 Å². The zero-order chi connectivity index (χ0) is 8.48. The van der Waals surface area contributed by atoms with Crippen LogP contribution >= 0.6 is 15.9 Å². The quantitative estimate of drug-likeness (QED) is 0.529. The Labute approximate surface area is 78.8 Å². The molecule has 0 aromatic carbocycles. The van der Waals surface area contributed by atoms with E-state index in [1.807, 2.05) is 0 Å². The van der Waals surface area contributed by atoms with E-state index in [0.29, 0.717) is 10.9 Å². The molecule has 0 bridgehead atoms. The molecule has 1 aliphatic rings. The lowest BCUT2D eigenvalue weighted by Crippen LogP contribution is -2.34. The van der Waals surface area contributed by atoms with Gasteiger partial charge in [0, 0.05) is 4.83 Å². The van der Waals surface area contributed by atoms with Gasteiger partial charge in [-0.15, -0.1) is 0 Å². The summed E-state index contributed by atoms with van der Waals surface area (Å²) in [5.41, 5.74) is 0. The standard InChI is InChI=1S/C8H17BrOSi/c1-11(2,3)10-8-6-4-5-7(8)9/h7-8H,4-6H2,1-3H3/t7-,8-/m0/s1. The van der Waals surface area contributed by atoms with Crippen LogP contribution in [0.4, 0.5) is 0 Å². The van der Waals surface area contributed by atoms with Gasteiger partial charge in [-0.25, -0.2) is 0 Å². The molecule has 0 N–H and O–H groups in total. The molecule has 0 heterocycles. The molecule has 0 aliphatic heterocycles. The van der Waals surface area contributed by atoms with Crippen molar-refractivity contribution in [2.24, 2.45) is 0 Å². The molecule has 0 spiro atoms. The first-order chi connectivity index (χ1) is 4.99. The van der Waals surface area contributed by atoms with Gasteiger partial charge in [-0.2, -0.15) is 0 Å². The maximum absolute atomic E-state index is 6.00. The van der Waals surface area contributed by atoms with Gasteiger partial charge in [0.2, 0.25) is 0 Å². The van der Waals surface area contributed by atoms with Crippen LogP contribution < -0.4 is 0 Å². The molecule has 1 rings (SSSR count). The first-order valence-electron chi connectivity index (χ1n) is 4.31. The maximum Gasteiger partial charge on any atom is 0.184 e. The molecule has 66 valence electrons. The Morgan fingerprint density at radius 1 is 1.27 bits per heavy atom. The van der Waals surface area contributed by atoms with Crippen LogP contribution in [0, 0.1) is 0 Å². The highest BCUT2D eigenvalue weighted by atomic mass is 79.9. The molecule has 0 saturated heterocycles. The average molecular weight is 237 g/mol. The van der Waals surface area contributed by atoms with Crippen LogP contribution in [0.25, 0.3) is 0 Å². The van der Waals surface area contributed by atoms with E-state index in [9.17, 15) is 0 Å². The minimum absolute atomic E-state index is 0.502. The molecular formula is C8H17BrOSi. The van der Waals surface area contributed by atoms with Gasteiger partial charge in [0.05, 0.1) is 6.10 Å². The van der Waals surface area contributed by atoms with E-state index in [1.54, 1.807) is 0 Å². The molecule has 0 radical (unpaired) electrons. The lowest BCUT2D eigenvalue weighted by molar-refractivity contribution is 0.209. The number of hydrogen-bond acceptors (Lipinski definition) is 1. The van der Waals surface area contributed by atoms with Gasteiger partial charge in [0.1, 0.15) is 0 Å². The number of halogens is 1. The van der Waals surface area contributed by atoms with Crippen molar-refractivity contribution in [3.63, 3.8) is 0 Å². The molecule has 1 fully saturated rings. The van der Waals surface area contributed by atoms with Crippen molar-refractivity contribution in [1.29, 1.82) is 0 Å². The monoisotopic (exact) mass is 236 g/mol. The minimum atomic E-state index is -1.29. The summed E-state index contributed by atoms with van der Waals surface area (Å²) in [6.07, 6.45) is 4.36. The molecule has 2 atom stereocenters. The van der Waals surface area contributed by atoms with Gasteiger partial charge in [-0.1, -0.05) is 15.9 Å². The fourth-order valence-corrected chi connectivity index (χ4v) is 3.55. The molecule has 0 aromatic rings. The Kier molecular flexibility index (Phi) is 3.17. The van der Waals surface area contributed by atoms with Crippen LogP contribution in [-0.2, 0) is 4.43 Å². The molecule has 0 aromatic heterocycles. The lowest BCUT2D eigenvalue weighted by Gasteiger charge is -2.25. The predicted octanol–water partition coefficient (Wildman–Crippen LogP) is 3.15. The number of hydrogen-bond donors (Lipinski definition) is 0. The second-order valence-electron chi connectivity index (χ2n) is 4.22. The predicted molar refractivity (Wildman–Crippen MR) is 54.8 cm³/mol. The van der Waals surface area contributed by atoms with E-state index in [-0.39, 0.29) is 0 Å². The lowest BCUT2D eigenvalue weighted by atomic mass is 10.3.